The summed E-state index contributed by atoms with van der Waals surface area (Å²) in [5.74, 6) is 3.19. The maximum Gasteiger partial charge on any atom is 0.237 e. The summed E-state index contributed by atoms with van der Waals surface area (Å²) in [7, 11) is 2.22. The normalized spacial score (nSPS) is 17.5. The molecule has 2 aliphatic heterocycles. The molecule has 1 amide bonds. The second-order valence-electron chi connectivity index (χ2n) is 10.3. The van der Waals surface area contributed by atoms with Crippen molar-refractivity contribution in [3.05, 3.63) is 47.0 Å². The van der Waals surface area contributed by atoms with Crippen molar-refractivity contribution in [3.8, 4) is 23.0 Å². The lowest BCUT2D eigenvalue weighted by molar-refractivity contribution is -0.884. The zero-order valence-corrected chi connectivity index (χ0v) is 25.5. The van der Waals surface area contributed by atoms with E-state index in [1.807, 2.05) is 33.8 Å². The molecule has 0 spiro atoms. The predicted molar refractivity (Wildman–Crippen MR) is 152 cm³/mol. The molecule has 0 aromatic heterocycles. The van der Waals surface area contributed by atoms with E-state index in [4.69, 9.17) is 18.9 Å². The number of quaternary nitrogens is 1. The topological polar surface area (TPSA) is 64.9 Å². The second-order valence-corrected chi connectivity index (χ2v) is 10.3. The van der Waals surface area contributed by atoms with E-state index in [1.165, 1.54) is 10.5 Å². The summed E-state index contributed by atoms with van der Waals surface area (Å²) in [6.45, 7) is 15.4. The molecule has 2 aromatic rings. The highest BCUT2D eigenvalue weighted by atomic mass is 35.5. The van der Waals surface area contributed by atoms with Crippen molar-refractivity contribution in [1.82, 2.24) is 9.80 Å². The zero-order chi connectivity index (χ0) is 27.8. The van der Waals surface area contributed by atoms with Crippen molar-refractivity contribution < 1.29 is 41.0 Å². The van der Waals surface area contributed by atoms with Crippen molar-refractivity contribution in [1.29, 1.82) is 0 Å². The molecule has 1 unspecified atom stereocenters. The number of hydrogen-bond acceptors (Lipinski definition) is 6. The van der Waals surface area contributed by atoms with Crippen LogP contribution in [0.2, 0.25) is 0 Å². The van der Waals surface area contributed by atoms with Crippen LogP contribution >= 0.6 is 0 Å². The first-order valence-corrected chi connectivity index (χ1v) is 14.6. The van der Waals surface area contributed by atoms with Gasteiger partial charge in [0.15, 0.2) is 23.0 Å². The van der Waals surface area contributed by atoms with Crippen LogP contribution in [0.3, 0.4) is 0 Å². The van der Waals surface area contributed by atoms with Gasteiger partial charge in [0.2, 0.25) is 5.91 Å². The summed E-state index contributed by atoms with van der Waals surface area (Å²) in [6.07, 6.45) is 1.47. The minimum atomic E-state index is -0.110. The van der Waals surface area contributed by atoms with E-state index in [0.29, 0.717) is 45.9 Å². The summed E-state index contributed by atoms with van der Waals surface area (Å²) in [6, 6.07) is 10.2. The first-order valence-electron chi connectivity index (χ1n) is 14.6. The van der Waals surface area contributed by atoms with Gasteiger partial charge in [0.1, 0.15) is 0 Å². The lowest BCUT2D eigenvalue weighted by Gasteiger charge is -2.39. The van der Waals surface area contributed by atoms with Crippen LogP contribution in [0.25, 0.3) is 0 Å². The maximum atomic E-state index is 13.8. The number of hydrogen-bond donors (Lipinski definition) is 1. The molecule has 40 heavy (non-hydrogen) atoms. The van der Waals surface area contributed by atoms with E-state index in [2.05, 4.69) is 41.1 Å². The number of carbonyl (C=O) groups is 1. The van der Waals surface area contributed by atoms with Gasteiger partial charge < -0.3 is 41.2 Å². The molecule has 1 N–H and O–H groups in total. The third kappa shape index (κ3) is 7.74. The minimum Gasteiger partial charge on any atom is -1.00 e. The Morgan fingerprint density at radius 1 is 0.825 bits per heavy atom. The molecule has 8 nitrogen and oxygen atoms in total. The van der Waals surface area contributed by atoms with E-state index in [1.54, 1.807) is 0 Å². The van der Waals surface area contributed by atoms with Gasteiger partial charge in [-0.15, -0.1) is 0 Å². The number of nitrogens with one attached hydrogen (secondary N) is 1. The van der Waals surface area contributed by atoms with Gasteiger partial charge in [0, 0.05) is 19.6 Å². The van der Waals surface area contributed by atoms with E-state index >= 15 is 0 Å². The molecule has 2 heterocycles. The van der Waals surface area contributed by atoms with Gasteiger partial charge in [-0.2, -0.15) is 0 Å². The van der Waals surface area contributed by atoms with Gasteiger partial charge in [-0.1, -0.05) is 6.07 Å². The summed E-state index contributed by atoms with van der Waals surface area (Å²) in [5.41, 5.74) is 3.46. The maximum absolute atomic E-state index is 13.8. The summed E-state index contributed by atoms with van der Waals surface area (Å²) >= 11 is 0. The van der Waals surface area contributed by atoms with Gasteiger partial charge in [-0.05, 0) is 81.5 Å². The lowest BCUT2D eigenvalue weighted by Crippen LogP contribution is -3.12. The third-order valence-corrected chi connectivity index (χ3v) is 7.59. The molecular weight excluding hydrogens is 530 g/mol. The summed E-state index contributed by atoms with van der Waals surface area (Å²) in [4.78, 5) is 19.7. The molecule has 4 rings (SSSR count). The van der Waals surface area contributed by atoms with Crippen molar-refractivity contribution in [2.75, 3.05) is 72.7 Å². The smallest absolute Gasteiger partial charge is 0.237 e. The molecule has 1 fully saturated rings. The monoisotopic (exact) mass is 575 g/mol. The quantitative estimate of drug-likeness (QED) is 0.378. The average molecular weight is 576 g/mol. The number of rotatable bonds is 12. The van der Waals surface area contributed by atoms with E-state index in [-0.39, 0.29) is 24.4 Å². The first-order chi connectivity index (χ1) is 19.0. The van der Waals surface area contributed by atoms with Crippen LogP contribution in [0.4, 0.5) is 0 Å². The fourth-order valence-electron chi connectivity index (χ4n) is 5.59. The molecule has 1 atom stereocenters. The Labute approximate surface area is 245 Å². The van der Waals surface area contributed by atoms with Crippen molar-refractivity contribution in [3.63, 3.8) is 0 Å². The van der Waals surface area contributed by atoms with Crippen molar-refractivity contribution in [2.24, 2.45) is 0 Å². The van der Waals surface area contributed by atoms with E-state index < -0.39 is 0 Å². The molecule has 2 aromatic carbocycles. The number of carbonyl (C=O) groups excluding carboxylic acids is 1. The molecule has 2 aliphatic rings. The van der Waals surface area contributed by atoms with Gasteiger partial charge in [0.05, 0.1) is 59.2 Å². The highest BCUT2D eigenvalue weighted by Crippen LogP contribution is 2.41. The van der Waals surface area contributed by atoms with Gasteiger partial charge in [0.25, 0.3) is 0 Å². The largest absolute Gasteiger partial charge is 1.00 e. The van der Waals surface area contributed by atoms with Gasteiger partial charge >= 0.3 is 0 Å². The highest BCUT2D eigenvalue weighted by molar-refractivity contribution is 5.79. The molecule has 1 saturated heterocycles. The molecule has 0 aliphatic carbocycles. The summed E-state index contributed by atoms with van der Waals surface area (Å²) in [5, 5.41) is 0. The Morgan fingerprint density at radius 2 is 1.40 bits per heavy atom. The van der Waals surface area contributed by atoms with E-state index in [0.717, 1.165) is 66.7 Å². The number of nitrogens with zero attached hydrogens (tertiary/aromatic N) is 2. The SMILES string of the molecule is CCOc1ccc(CC2c3cc(OCC)c(OCC)cc3CCN2C(=O)CN2CC[NH+](C)CC2)cc1OCC.[Cl-]. The number of benzene rings is 2. The molecule has 222 valence electrons. The molecular formula is C31H46ClN3O5. The Kier molecular flexibility index (Phi) is 12.2. The number of ether oxygens (including phenoxy) is 4. The van der Waals surface area contributed by atoms with Gasteiger partial charge in [-0.3, -0.25) is 9.69 Å². The zero-order valence-electron chi connectivity index (χ0n) is 24.8. The first kappa shape index (κ1) is 31.8. The van der Waals surface area contributed by atoms with Gasteiger partial charge in [-0.25, -0.2) is 0 Å². The third-order valence-electron chi connectivity index (χ3n) is 7.59. The molecule has 0 saturated carbocycles. The fraction of sp³-hybridized carbons (Fsp3) is 0.581. The molecule has 0 radical (unpaired) electrons. The van der Waals surface area contributed by atoms with Crippen LogP contribution in [0.5, 0.6) is 23.0 Å². The van der Waals surface area contributed by atoms with Crippen LogP contribution < -0.4 is 36.3 Å². The van der Waals surface area contributed by atoms with Crippen LogP contribution in [0.1, 0.15) is 50.4 Å². The van der Waals surface area contributed by atoms with Crippen LogP contribution in [0, 0.1) is 0 Å². The lowest BCUT2D eigenvalue weighted by atomic mass is 9.88. The standard InChI is InChI=1S/C31H45N3O5.ClH/c1-6-36-27-11-10-23(19-28(27)37-7-2)18-26-25-21-30(39-9-4)29(38-8-3)20-24(25)12-13-34(26)31(35)22-33-16-14-32(5)15-17-33;/h10-11,19-21,26H,6-9,12-18,22H2,1-5H3;1H. The second kappa shape index (κ2) is 15.4. The minimum absolute atomic E-state index is 0. The number of halogens is 1. The van der Waals surface area contributed by atoms with E-state index in [9.17, 15) is 4.79 Å². The summed E-state index contributed by atoms with van der Waals surface area (Å²) < 4.78 is 23.6. The fourth-order valence-corrected chi connectivity index (χ4v) is 5.59. The van der Waals surface area contributed by atoms with Crippen LogP contribution in [-0.2, 0) is 17.6 Å². The van der Waals surface area contributed by atoms with Crippen LogP contribution in [0.15, 0.2) is 30.3 Å². The number of likely N-dealkylation sites (N-methyl/N-ethyl adjacent to an activating group) is 1. The van der Waals surface area contributed by atoms with Crippen molar-refractivity contribution in [2.45, 2.75) is 46.6 Å². The number of piperazine rings is 1. The molecule has 0 bridgehead atoms. The van der Waals surface area contributed by atoms with Crippen LogP contribution in [-0.4, -0.2) is 88.5 Å². The number of fused-ring (bicyclic) bond motifs is 1. The predicted octanol–water partition coefficient (Wildman–Crippen LogP) is -0.216. The van der Waals surface area contributed by atoms with Crippen molar-refractivity contribution >= 4 is 5.91 Å². The Bertz CT molecular complexity index is 1110. The highest BCUT2D eigenvalue weighted by Gasteiger charge is 2.34. The Morgan fingerprint density at radius 3 is 2.02 bits per heavy atom. The Balaban J connectivity index is 0.00000441. The molecule has 9 heteroatoms. The number of amides is 1. The Hall–Kier alpha value is -2.68. The average Bonchev–Trinajstić information content (AvgIpc) is 2.92.